The summed E-state index contributed by atoms with van der Waals surface area (Å²) in [5.41, 5.74) is 0.200. The second-order valence-electron chi connectivity index (χ2n) is 7.95. The molecule has 3 saturated heterocycles. The standard InChI is InChI=1S/C18H26N4O4S/c1-18(11-14-4-5-15(18)26-14)17(23)20-13-3-6-16(19-12-13)21-7-9-22(10-8-21)27(2,24)25/h3,6,12,14-15H,4-5,7-11H2,1-2H3,(H,20,23). The highest BCUT2D eigenvalue weighted by atomic mass is 32.2. The number of hydrogen-bond acceptors (Lipinski definition) is 6. The van der Waals surface area contributed by atoms with Crippen LogP contribution in [-0.4, -0.2) is 68.3 Å². The first-order chi connectivity index (χ1) is 12.8. The number of amides is 1. The van der Waals surface area contributed by atoms with Crippen molar-refractivity contribution in [1.29, 1.82) is 0 Å². The molecule has 9 heteroatoms. The van der Waals surface area contributed by atoms with E-state index in [9.17, 15) is 13.2 Å². The minimum Gasteiger partial charge on any atom is -0.374 e. The van der Waals surface area contributed by atoms with Crippen molar-refractivity contribution in [3.8, 4) is 0 Å². The molecule has 0 aromatic carbocycles. The van der Waals surface area contributed by atoms with Gasteiger partial charge in [-0.3, -0.25) is 4.79 Å². The Morgan fingerprint density at radius 2 is 2.00 bits per heavy atom. The van der Waals surface area contributed by atoms with Crippen molar-refractivity contribution in [1.82, 2.24) is 9.29 Å². The van der Waals surface area contributed by atoms with Crippen molar-refractivity contribution in [3.63, 3.8) is 0 Å². The number of ether oxygens (including phenoxy) is 1. The van der Waals surface area contributed by atoms with Gasteiger partial charge in [-0.1, -0.05) is 0 Å². The van der Waals surface area contributed by atoms with Crippen LogP contribution in [0.3, 0.4) is 0 Å². The summed E-state index contributed by atoms with van der Waals surface area (Å²) in [7, 11) is -3.14. The number of piperazine rings is 1. The van der Waals surface area contributed by atoms with E-state index in [0.29, 0.717) is 31.9 Å². The van der Waals surface area contributed by atoms with E-state index in [-0.39, 0.29) is 18.1 Å². The van der Waals surface area contributed by atoms with Gasteiger partial charge in [-0.15, -0.1) is 0 Å². The molecule has 3 aliphatic heterocycles. The lowest BCUT2D eigenvalue weighted by molar-refractivity contribution is -0.127. The van der Waals surface area contributed by atoms with Crippen LogP contribution in [0.4, 0.5) is 11.5 Å². The topological polar surface area (TPSA) is 91.8 Å². The molecule has 3 atom stereocenters. The Morgan fingerprint density at radius 3 is 2.52 bits per heavy atom. The van der Waals surface area contributed by atoms with Gasteiger partial charge in [0.25, 0.3) is 0 Å². The number of pyridine rings is 1. The van der Waals surface area contributed by atoms with Gasteiger partial charge in [0.05, 0.1) is 35.8 Å². The Morgan fingerprint density at radius 1 is 1.26 bits per heavy atom. The summed E-state index contributed by atoms with van der Waals surface area (Å²) in [5, 5.41) is 2.98. The van der Waals surface area contributed by atoms with Crippen LogP contribution < -0.4 is 10.2 Å². The summed E-state index contributed by atoms with van der Waals surface area (Å²) in [6.45, 7) is 4.10. The molecule has 4 rings (SSSR count). The molecular weight excluding hydrogens is 368 g/mol. The molecule has 0 radical (unpaired) electrons. The SMILES string of the molecule is CC1(C(=O)Nc2ccc(N3CCN(S(C)(=O)=O)CC3)nc2)CC2CCC1O2. The number of sulfonamides is 1. The highest BCUT2D eigenvalue weighted by molar-refractivity contribution is 7.88. The van der Waals surface area contributed by atoms with Gasteiger partial charge in [-0.05, 0) is 38.3 Å². The van der Waals surface area contributed by atoms with E-state index in [2.05, 4.69) is 15.2 Å². The molecule has 0 aliphatic carbocycles. The molecular formula is C18H26N4O4S. The Bertz CT molecular complexity index is 820. The van der Waals surface area contributed by atoms with Crippen molar-refractivity contribution in [2.24, 2.45) is 5.41 Å². The lowest BCUT2D eigenvalue weighted by Crippen LogP contribution is -2.48. The van der Waals surface area contributed by atoms with E-state index >= 15 is 0 Å². The highest BCUT2D eigenvalue weighted by Crippen LogP contribution is 2.48. The lowest BCUT2D eigenvalue weighted by atomic mass is 9.75. The summed E-state index contributed by atoms with van der Waals surface area (Å²) in [5.74, 6) is 0.779. The molecule has 1 amide bonds. The second-order valence-corrected chi connectivity index (χ2v) is 9.94. The maximum Gasteiger partial charge on any atom is 0.233 e. The summed E-state index contributed by atoms with van der Waals surface area (Å²) < 4.78 is 30.5. The number of nitrogens with one attached hydrogen (secondary N) is 1. The maximum absolute atomic E-state index is 12.8. The fraction of sp³-hybridized carbons (Fsp3) is 0.667. The van der Waals surface area contributed by atoms with Gasteiger partial charge in [0.15, 0.2) is 0 Å². The number of hydrogen-bond donors (Lipinski definition) is 1. The first kappa shape index (κ1) is 18.6. The molecule has 3 aliphatic rings. The van der Waals surface area contributed by atoms with E-state index in [1.807, 2.05) is 19.1 Å². The molecule has 1 aromatic heterocycles. The quantitative estimate of drug-likeness (QED) is 0.821. The number of carbonyl (C=O) groups is 1. The van der Waals surface area contributed by atoms with Crippen LogP contribution in [0.2, 0.25) is 0 Å². The molecule has 0 spiro atoms. The molecule has 4 heterocycles. The van der Waals surface area contributed by atoms with Crippen LogP contribution in [0.25, 0.3) is 0 Å². The van der Waals surface area contributed by atoms with Crippen LogP contribution in [0, 0.1) is 5.41 Å². The molecule has 3 fully saturated rings. The largest absolute Gasteiger partial charge is 0.374 e. The predicted molar refractivity (Wildman–Crippen MR) is 102 cm³/mol. The normalized spacial score (nSPS) is 31.3. The Labute approximate surface area is 159 Å². The third kappa shape index (κ3) is 3.55. The van der Waals surface area contributed by atoms with Gasteiger partial charge in [0.1, 0.15) is 5.82 Å². The molecule has 27 heavy (non-hydrogen) atoms. The van der Waals surface area contributed by atoms with Gasteiger partial charge in [0, 0.05) is 26.2 Å². The van der Waals surface area contributed by atoms with Gasteiger partial charge >= 0.3 is 0 Å². The molecule has 0 saturated carbocycles. The molecule has 3 unspecified atom stereocenters. The molecule has 2 bridgehead atoms. The van der Waals surface area contributed by atoms with Crippen LogP contribution in [0.1, 0.15) is 26.2 Å². The van der Waals surface area contributed by atoms with Crippen molar-refractivity contribution < 1.29 is 17.9 Å². The summed E-state index contributed by atoms with van der Waals surface area (Å²) in [6, 6.07) is 3.71. The second kappa shape index (κ2) is 6.72. The number of aromatic nitrogens is 1. The van der Waals surface area contributed by atoms with E-state index < -0.39 is 15.4 Å². The summed E-state index contributed by atoms with van der Waals surface area (Å²) in [6.07, 6.45) is 5.91. The van der Waals surface area contributed by atoms with Gasteiger partial charge < -0.3 is 15.0 Å². The summed E-state index contributed by atoms with van der Waals surface area (Å²) in [4.78, 5) is 19.3. The van der Waals surface area contributed by atoms with Crippen molar-refractivity contribution in [2.45, 2.75) is 38.4 Å². The molecule has 1 aromatic rings. The highest BCUT2D eigenvalue weighted by Gasteiger charge is 2.53. The smallest absolute Gasteiger partial charge is 0.233 e. The lowest BCUT2D eigenvalue weighted by Gasteiger charge is -2.34. The van der Waals surface area contributed by atoms with Crippen LogP contribution in [0.5, 0.6) is 0 Å². The number of nitrogens with zero attached hydrogens (tertiary/aromatic N) is 3. The minimum absolute atomic E-state index is 0.00832. The number of rotatable bonds is 4. The van der Waals surface area contributed by atoms with Crippen LogP contribution >= 0.6 is 0 Å². The van der Waals surface area contributed by atoms with Crippen LogP contribution in [0.15, 0.2) is 18.3 Å². The van der Waals surface area contributed by atoms with Gasteiger partial charge in [0.2, 0.25) is 15.9 Å². The molecule has 8 nitrogen and oxygen atoms in total. The fourth-order valence-corrected chi connectivity index (χ4v) is 5.16. The monoisotopic (exact) mass is 394 g/mol. The Balaban J connectivity index is 1.36. The van der Waals surface area contributed by atoms with E-state index in [1.165, 1.54) is 10.6 Å². The fourth-order valence-electron chi connectivity index (χ4n) is 4.34. The van der Waals surface area contributed by atoms with Gasteiger partial charge in [-0.25, -0.2) is 13.4 Å². The first-order valence-corrected chi connectivity index (χ1v) is 11.2. The van der Waals surface area contributed by atoms with Crippen LogP contribution in [-0.2, 0) is 19.6 Å². The Hall–Kier alpha value is -1.71. The zero-order chi connectivity index (χ0) is 19.2. The average molecular weight is 394 g/mol. The van der Waals surface area contributed by atoms with E-state index in [0.717, 1.165) is 25.1 Å². The minimum atomic E-state index is -3.14. The molecule has 1 N–H and O–H groups in total. The summed E-state index contributed by atoms with van der Waals surface area (Å²) >= 11 is 0. The number of anilines is 2. The number of carbonyl (C=O) groups excluding carboxylic acids is 1. The zero-order valence-electron chi connectivity index (χ0n) is 15.7. The predicted octanol–water partition coefficient (Wildman–Crippen LogP) is 1.06. The van der Waals surface area contributed by atoms with Crippen molar-refractivity contribution >= 4 is 27.4 Å². The van der Waals surface area contributed by atoms with Crippen molar-refractivity contribution in [2.75, 3.05) is 42.7 Å². The maximum atomic E-state index is 12.8. The third-order valence-corrected chi connectivity index (χ3v) is 7.33. The van der Waals surface area contributed by atoms with Crippen molar-refractivity contribution in [3.05, 3.63) is 18.3 Å². The zero-order valence-corrected chi connectivity index (χ0v) is 16.5. The Kier molecular flexibility index (Phi) is 4.64. The molecule has 148 valence electrons. The van der Waals surface area contributed by atoms with Gasteiger partial charge in [-0.2, -0.15) is 4.31 Å². The van der Waals surface area contributed by atoms with E-state index in [4.69, 9.17) is 4.74 Å². The third-order valence-electron chi connectivity index (χ3n) is 6.03. The first-order valence-electron chi connectivity index (χ1n) is 9.39. The number of fused-ring (bicyclic) bond motifs is 2. The van der Waals surface area contributed by atoms with E-state index in [1.54, 1.807) is 6.20 Å². The average Bonchev–Trinajstić information content (AvgIpc) is 3.23.